The van der Waals surface area contributed by atoms with Crippen molar-refractivity contribution in [3.05, 3.63) is 57.5 Å². The number of hydrogen-bond donors (Lipinski definition) is 2. The second kappa shape index (κ2) is 5.42. The number of phenolic OH excluding ortho intramolecular Hbond substituents is 1. The molecule has 18 heavy (non-hydrogen) atoms. The normalized spacial score (nSPS) is 10.1. The van der Waals surface area contributed by atoms with Crippen LogP contribution in [0.1, 0.15) is 10.4 Å². The molecule has 1 amide bonds. The molecule has 92 valence electrons. The van der Waals surface area contributed by atoms with Crippen molar-refractivity contribution in [2.75, 3.05) is 5.32 Å². The lowest BCUT2D eigenvalue weighted by Crippen LogP contribution is -2.12. The van der Waals surface area contributed by atoms with Gasteiger partial charge in [-0.25, -0.2) is 0 Å². The predicted octanol–water partition coefficient (Wildman–Crippen LogP) is 4.06. The van der Waals surface area contributed by atoms with Gasteiger partial charge in [-0.2, -0.15) is 0 Å². The number of amides is 1. The quantitative estimate of drug-likeness (QED) is 0.874. The van der Waals surface area contributed by atoms with Crippen LogP contribution in [0.2, 0.25) is 5.02 Å². The Morgan fingerprint density at radius 2 is 1.94 bits per heavy atom. The first-order valence-electron chi connectivity index (χ1n) is 5.12. The Bertz CT molecular complexity index is 601. The minimum absolute atomic E-state index is 0.0861. The van der Waals surface area contributed by atoms with E-state index >= 15 is 0 Å². The summed E-state index contributed by atoms with van der Waals surface area (Å²) in [5.41, 5.74) is 0.774. The lowest BCUT2D eigenvalue weighted by atomic mass is 10.2. The van der Waals surface area contributed by atoms with Crippen LogP contribution in [-0.4, -0.2) is 11.0 Å². The highest BCUT2D eigenvalue weighted by Crippen LogP contribution is 2.28. The summed E-state index contributed by atoms with van der Waals surface area (Å²) in [5.74, 6) is -0.479. The van der Waals surface area contributed by atoms with E-state index in [-0.39, 0.29) is 11.3 Å². The molecule has 2 aromatic rings. The summed E-state index contributed by atoms with van der Waals surface area (Å²) < 4.78 is 0.473. The zero-order valence-electron chi connectivity index (χ0n) is 9.15. The molecule has 2 rings (SSSR count). The maximum atomic E-state index is 12.0. The van der Waals surface area contributed by atoms with Crippen molar-refractivity contribution in [2.24, 2.45) is 0 Å². The third kappa shape index (κ3) is 2.83. The summed E-state index contributed by atoms with van der Waals surface area (Å²) in [6.45, 7) is 0. The highest BCUT2D eigenvalue weighted by molar-refractivity contribution is 9.10. The van der Waals surface area contributed by atoms with Crippen molar-refractivity contribution in [2.45, 2.75) is 0 Å². The molecule has 5 heteroatoms. The van der Waals surface area contributed by atoms with Gasteiger partial charge in [-0.05, 0) is 46.3 Å². The van der Waals surface area contributed by atoms with Gasteiger partial charge < -0.3 is 10.4 Å². The van der Waals surface area contributed by atoms with Crippen LogP contribution in [0.5, 0.6) is 5.75 Å². The number of hydrogen-bond acceptors (Lipinski definition) is 2. The minimum atomic E-state index is -0.393. The van der Waals surface area contributed by atoms with E-state index in [1.165, 1.54) is 0 Å². The van der Waals surface area contributed by atoms with Gasteiger partial charge in [0.15, 0.2) is 0 Å². The second-order valence-corrected chi connectivity index (χ2v) is 4.89. The number of anilines is 1. The zero-order chi connectivity index (χ0) is 13.1. The summed E-state index contributed by atoms with van der Waals surface area (Å²) in [7, 11) is 0. The number of phenols is 1. The van der Waals surface area contributed by atoms with E-state index in [0.29, 0.717) is 15.2 Å². The Balaban J connectivity index is 2.25. The number of carbonyl (C=O) groups is 1. The molecule has 0 fully saturated rings. The number of aromatic hydroxyl groups is 1. The van der Waals surface area contributed by atoms with E-state index in [1.807, 2.05) is 0 Å². The van der Waals surface area contributed by atoms with Gasteiger partial charge in [-0.15, -0.1) is 0 Å². The molecule has 0 spiro atoms. The fraction of sp³-hybridized carbons (Fsp3) is 0. The number of carbonyl (C=O) groups excluding carboxylic acids is 1. The molecule has 0 heterocycles. The molecule has 0 saturated carbocycles. The molecule has 3 nitrogen and oxygen atoms in total. The average molecular weight is 327 g/mol. The molecule has 2 aromatic carbocycles. The van der Waals surface area contributed by atoms with E-state index in [4.69, 9.17) is 11.6 Å². The van der Waals surface area contributed by atoms with Gasteiger partial charge >= 0.3 is 0 Å². The van der Waals surface area contributed by atoms with E-state index in [9.17, 15) is 9.90 Å². The molecule has 2 N–H and O–H groups in total. The van der Waals surface area contributed by atoms with Gasteiger partial charge in [0.1, 0.15) is 5.75 Å². The van der Waals surface area contributed by atoms with E-state index in [2.05, 4.69) is 21.2 Å². The molecule has 0 aliphatic rings. The first kappa shape index (κ1) is 12.9. The molecule has 0 bridgehead atoms. The summed E-state index contributed by atoms with van der Waals surface area (Å²) >= 11 is 8.98. The van der Waals surface area contributed by atoms with E-state index in [1.54, 1.807) is 42.5 Å². The SMILES string of the molecule is O=C(Nc1cccc(Cl)c1)c1cccc(Br)c1O. The molecule has 0 aliphatic carbocycles. The van der Waals surface area contributed by atoms with Gasteiger partial charge in [-0.3, -0.25) is 4.79 Å². The fourth-order valence-corrected chi connectivity index (χ4v) is 2.02. The minimum Gasteiger partial charge on any atom is -0.506 e. The highest BCUT2D eigenvalue weighted by atomic mass is 79.9. The Kier molecular flexibility index (Phi) is 3.89. The van der Waals surface area contributed by atoms with Crippen LogP contribution >= 0.6 is 27.5 Å². The van der Waals surface area contributed by atoms with Crippen LogP contribution in [-0.2, 0) is 0 Å². The maximum Gasteiger partial charge on any atom is 0.259 e. The maximum absolute atomic E-state index is 12.0. The summed E-state index contributed by atoms with van der Waals surface area (Å²) in [4.78, 5) is 12.0. The van der Waals surface area contributed by atoms with Gasteiger partial charge in [0, 0.05) is 10.7 Å². The third-order valence-electron chi connectivity index (χ3n) is 2.31. The van der Waals surface area contributed by atoms with E-state index in [0.717, 1.165) is 0 Å². The smallest absolute Gasteiger partial charge is 0.259 e. The fourth-order valence-electron chi connectivity index (χ4n) is 1.46. The molecule has 0 radical (unpaired) electrons. The van der Waals surface area contributed by atoms with Crippen molar-refractivity contribution in [3.8, 4) is 5.75 Å². The Hall–Kier alpha value is -1.52. The van der Waals surface area contributed by atoms with Crippen molar-refractivity contribution >= 4 is 39.1 Å². The zero-order valence-corrected chi connectivity index (χ0v) is 11.5. The second-order valence-electron chi connectivity index (χ2n) is 3.60. The van der Waals surface area contributed by atoms with Crippen LogP contribution in [0.15, 0.2) is 46.9 Å². The first-order valence-corrected chi connectivity index (χ1v) is 6.29. The van der Waals surface area contributed by atoms with Gasteiger partial charge in [-0.1, -0.05) is 23.7 Å². The van der Waals surface area contributed by atoms with E-state index < -0.39 is 5.91 Å². The number of nitrogens with one attached hydrogen (secondary N) is 1. The van der Waals surface area contributed by atoms with Gasteiger partial charge in [0.2, 0.25) is 0 Å². The predicted molar refractivity (Wildman–Crippen MR) is 75.2 cm³/mol. The summed E-state index contributed by atoms with van der Waals surface area (Å²) in [6, 6.07) is 11.7. The average Bonchev–Trinajstić information content (AvgIpc) is 2.32. The molecule has 0 unspecified atom stereocenters. The standard InChI is InChI=1S/C13H9BrClNO2/c14-11-6-2-5-10(12(11)17)13(18)16-9-4-1-3-8(15)7-9/h1-7,17H,(H,16,18). The van der Waals surface area contributed by atoms with Crippen molar-refractivity contribution in [1.29, 1.82) is 0 Å². The number of para-hydroxylation sites is 1. The lowest BCUT2D eigenvalue weighted by Gasteiger charge is -2.08. The van der Waals surface area contributed by atoms with Crippen LogP contribution in [0, 0.1) is 0 Å². The number of rotatable bonds is 2. The molecular weight excluding hydrogens is 318 g/mol. The van der Waals surface area contributed by atoms with Crippen molar-refractivity contribution < 1.29 is 9.90 Å². The molecule has 0 aliphatic heterocycles. The highest BCUT2D eigenvalue weighted by Gasteiger charge is 2.13. The van der Waals surface area contributed by atoms with Crippen LogP contribution in [0.4, 0.5) is 5.69 Å². The van der Waals surface area contributed by atoms with Gasteiger partial charge in [0.25, 0.3) is 5.91 Å². The largest absolute Gasteiger partial charge is 0.506 e. The topological polar surface area (TPSA) is 49.3 Å². The third-order valence-corrected chi connectivity index (χ3v) is 3.19. The van der Waals surface area contributed by atoms with Crippen molar-refractivity contribution in [3.63, 3.8) is 0 Å². The first-order chi connectivity index (χ1) is 8.58. The number of benzene rings is 2. The van der Waals surface area contributed by atoms with Crippen LogP contribution < -0.4 is 5.32 Å². The number of halogens is 2. The molecule has 0 saturated heterocycles. The lowest BCUT2D eigenvalue weighted by molar-refractivity contribution is 0.102. The molecule has 0 atom stereocenters. The summed E-state index contributed by atoms with van der Waals surface area (Å²) in [6.07, 6.45) is 0. The monoisotopic (exact) mass is 325 g/mol. The Labute approximate surface area is 118 Å². The Morgan fingerprint density at radius 1 is 1.22 bits per heavy atom. The van der Waals surface area contributed by atoms with Crippen LogP contribution in [0.25, 0.3) is 0 Å². The molecular formula is C13H9BrClNO2. The summed E-state index contributed by atoms with van der Waals surface area (Å²) in [5, 5.41) is 13.0. The molecule has 0 aromatic heterocycles. The van der Waals surface area contributed by atoms with Gasteiger partial charge in [0.05, 0.1) is 10.0 Å². The van der Waals surface area contributed by atoms with Crippen LogP contribution in [0.3, 0.4) is 0 Å². The Morgan fingerprint density at radius 3 is 2.67 bits per heavy atom. The van der Waals surface area contributed by atoms with Crippen molar-refractivity contribution in [1.82, 2.24) is 0 Å².